The number of aliphatic carboxylic acids is 1. The molecule has 1 fully saturated rings. The number of aromatic nitrogens is 2. The maximum absolute atomic E-state index is 12.9. The molecule has 2 N–H and O–H groups in total. The number of aryl methyl sites for hydroxylation is 1. The minimum Gasteiger partial charge on any atom is -0.481 e. The summed E-state index contributed by atoms with van der Waals surface area (Å²) in [5.74, 6) is -0.975. The van der Waals surface area contributed by atoms with Crippen molar-refractivity contribution in [2.24, 2.45) is 5.41 Å². The molecule has 188 valence electrons. The Labute approximate surface area is 202 Å². The summed E-state index contributed by atoms with van der Waals surface area (Å²) in [6.45, 7) is 3.76. The summed E-state index contributed by atoms with van der Waals surface area (Å²) in [7, 11) is 0. The van der Waals surface area contributed by atoms with Gasteiger partial charge in [-0.1, -0.05) is 25.0 Å². The fourth-order valence-corrected chi connectivity index (χ4v) is 5.71. The molecule has 0 bridgehead atoms. The highest BCUT2D eigenvalue weighted by molar-refractivity contribution is 5.78. The van der Waals surface area contributed by atoms with Gasteiger partial charge in [-0.2, -0.15) is 18.3 Å². The number of halogens is 3. The molecule has 2 atom stereocenters. The van der Waals surface area contributed by atoms with E-state index < -0.39 is 23.1 Å². The first kappa shape index (κ1) is 25.0. The summed E-state index contributed by atoms with van der Waals surface area (Å²) in [5, 5.41) is 16.9. The number of nitrogens with zero attached hydrogens (tertiary/aromatic N) is 2. The Morgan fingerprint density at radius 3 is 2.37 bits per heavy atom. The SMILES string of the molecule is Cc1nn(-c2ccc(C(F)(F)F)cc2)c(C)c1[C@H]1C=C[C@@H](NC(=O)CC2(CC(=O)O)CCCC2)C1. The van der Waals surface area contributed by atoms with Crippen molar-refractivity contribution in [1.29, 1.82) is 0 Å². The molecule has 1 saturated carbocycles. The van der Waals surface area contributed by atoms with Crippen LogP contribution in [0.2, 0.25) is 0 Å². The monoisotopic (exact) mass is 489 g/mol. The molecule has 6 nitrogen and oxygen atoms in total. The molecule has 0 spiro atoms. The lowest BCUT2D eigenvalue weighted by Gasteiger charge is -2.27. The Hall–Kier alpha value is -3.10. The van der Waals surface area contributed by atoms with Crippen LogP contribution in [0.25, 0.3) is 5.69 Å². The Kier molecular flexibility index (Phi) is 6.79. The van der Waals surface area contributed by atoms with Crippen molar-refractivity contribution in [3.63, 3.8) is 0 Å². The maximum Gasteiger partial charge on any atom is 0.416 e. The van der Waals surface area contributed by atoms with Crippen molar-refractivity contribution in [3.8, 4) is 5.69 Å². The molecule has 2 aliphatic carbocycles. The Morgan fingerprint density at radius 2 is 1.77 bits per heavy atom. The van der Waals surface area contributed by atoms with Gasteiger partial charge in [0.25, 0.3) is 0 Å². The number of nitrogens with one attached hydrogen (secondary N) is 1. The molecule has 9 heteroatoms. The van der Waals surface area contributed by atoms with Gasteiger partial charge in [0.2, 0.25) is 5.91 Å². The van der Waals surface area contributed by atoms with E-state index in [1.165, 1.54) is 12.1 Å². The van der Waals surface area contributed by atoms with Crippen LogP contribution in [0.1, 0.15) is 73.4 Å². The highest BCUT2D eigenvalue weighted by Crippen LogP contribution is 2.44. The number of alkyl halides is 3. The number of hydrogen-bond donors (Lipinski definition) is 2. The van der Waals surface area contributed by atoms with Gasteiger partial charge >= 0.3 is 12.1 Å². The summed E-state index contributed by atoms with van der Waals surface area (Å²) >= 11 is 0. The van der Waals surface area contributed by atoms with Crippen LogP contribution in [-0.2, 0) is 15.8 Å². The van der Waals surface area contributed by atoms with Crippen molar-refractivity contribution >= 4 is 11.9 Å². The van der Waals surface area contributed by atoms with Gasteiger partial charge in [0.15, 0.2) is 0 Å². The van der Waals surface area contributed by atoms with E-state index in [9.17, 15) is 27.9 Å². The second kappa shape index (κ2) is 9.51. The van der Waals surface area contributed by atoms with Gasteiger partial charge in [0.1, 0.15) is 0 Å². The van der Waals surface area contributed by atoms with Crippen LogP contribution >= 0.6 is 0 Å². The van der Waals surface area contributed by atoms with Crippen molar-refractivity contribution in [2.75, 3.05) is 0 Å². The molecule has 0 saturated heterocycles. The number of allylic oxidation sites excluding steroid dienone is 1. The maximum atomic E-state index is 12.9. The summed E-state index contributed by atoms with van der Waals surface area (Å²) < 4.78 is 40.4. The van der Waals surface area contributed by atoms with Crippen molar-refractivity contribution in [3.05, 3.63) is 58.9 Å². The quantitative estimate of drug-likeness (QED) is 0.506. The fraction of sp³-hybridized carbons (Fsp3) is 0.500. The first-order valence-electron chi connectivity index (χ1n) is 11.9. The van der Waals surface area contributed by atoms with Gasteiger partial charge in [-0.05, 0) is 62.8 Å². The molecule has 2 aliphatic rings. The summed E-state index contributed by atoms with van der Waals surface area (Å²) in [5.41, 5.74) is 2.02. The molecule has 1 heterocycles. The van der Waals surface area contributed by atoms with Crippen LogP contribution < -0.4 is 5.32 Å². The van der Waals surface area contributed by atoms with Crippen LogP contribution in [0, 0.1) is 19.3 Å². The van der Waals surface area contributed by atoms with Gasteiger partial charge < -0.3 is 10.4 Å². The first-order valence-corrected chi connectivity index (χ1v) is 11.9. The van der Waals surface area contributed by atoms with E-state index in [2.05, 4.69) is 10.4 Å². The van der Waals surface area contributed by atoms with Crippen LogP contribution in [-0.4, -0.2) is 32.8 Å². The van der Waals surface area contributed by atoms with E-state index in [1.54, 1.807) is 4.68 Å². The van der Waals surface area contributed by atoms with Crippen molar-refractivity contribution in [1.82, 2.24) is 15.1 Å². The molecule has 1 aromatic carbocycles. The predicted molar refractivity (Wildman–Crippen MR) is 124 cm³/mol. The number of carbonyl (C=O) groups is 2. The molecule has 0 unspecified atom stereocenters. The van der Waals surface area contributed by atoms with E-state index in [0.717, 1.165) is 54.8 Å². The van der Waals surface area contributed by atoms with E-state index in [0.29, 0.717) is 12.1 Å². The molecular formula is C26H30F3N3O3. The van der Waals surface area contributed by atoms with Gasteiger partial charge in [0, 0.05) is 29.6 Å². The zero-order valence-electron chi connectivity index (χ0n) is 19.9. The minimum absolute atomic E-state index is 0.0166. The normalized spacial score (nSPS) is 21.4. The average Bonchev–Trinajstić information content (AvgIpc) is 3.47. The van der Waals surface area contributed by atoms with Gasteiger partial charge in [0.05, 0.1) is 23.4 Å². The molecule has 1 aromatic heterocycles. The number of carboxylic acid groups (broad SMARTS) is 1. The van der Waals surface area contributed by atoms with Crippen LogP contribution in [0.15, 0.2) is 36.4 Å². The summed E-state index contributed by atoms with van der Waals surface area (Å²) in [6.07, 6.45) is 3.91. The van der Waals surface area contributed by atoms with Crippen LogP contribution in [0.3, 0.4) is 0 Å². The molecule has 1 amide bonds. The second-order valence-corrected chi connectivity index (χ2v) is 9.90. The molecule has 4 rings (SSSR count). The predicted octanol–water partition coefficient (Wildman–Crippen LogP) is 5.46. The lowest BCUT2D eigenvalue weighted by Crippen LogP contribution is -2.37. The number of hydrogen-bond acceptors (Lipinski definition) is 3. The third kappa shape index (κ3) is 5.44. The number of rotatable bonds is 7. The molecule has 2 aromatic rings. The molecule has 35 heavy (non-hydrogen) atoms. The number of benzene rings is 1. The zero-order chi connectivity index (χ0) is 25.4. The average molecular weight is 490 g/mol. The number of carboxylic acids is 1. The van der Waals surface area contributed by atoms with Gasteiger partial charge in [-0.25, -0.2) is 4.68 Å². The summed E-state index contributed by atoms with van der Waals surface area (Å²) in [6, 6.07) is 4.76. The van der Waals surface area contributed by atoms with Crippen molar-refractivity contribution < 1.29 is 27.9 Å². The smallest absolute Gasteiger partial charge is 0.416 e. The summed E-state index contributed by atoms with van der Waals surface area (Å²) in [4.78, 5) is 24.1. The third-order valence-electron chi connectivity index (χ3n) is 7.31. The minimum atomic E-state index is -4.39. The number of amides is 1. The van der Waals surface area contributed by atoms with Gasteiger partial charge in [-0.3, -0.25) is 9.59 Å². The highest BCUT2D eigenvalue weighted by atomic mass is 19.4. The Bertz CT molecular complexity index is 1130. The second-order valence-electron chi connectivity index (χ2n) is 9.90. The van der Waals surface area contributed by atoms with E-state index in [4.69, 9.17) is 0 Å². The Morgan fingerprint density at radius 1 is 1.11 bits per heavy atom. The molecule has 0 radical (unpaired) electrons. The topological polar surface area (TPSA) is 84.2 Å². The lowest BCUT2D eigenvalue weighted by molar-refractivity contribution is -0.140. The van der Waals surface area contributed by atoms with Crippen LogP contribution in [0.4, 0.5) is 13.2 Å². The highest BCUT2D eigenvalue weighted by Gasteiger charge is 2.38. The number of carbonyl (C=O) groups excluding carboxylic acids is 1. The standard InChI is InChI=1S/C26H30F3N3O3/c1-16-24(17(2)32(31-16)21-9-6-19(7-10-21)26(27,28)29)18-5-8-20(13-18)30-22(33)14-25(15-23(34)35)11-3-4-12-25/h5-10,18,20H,3-4,11-15H2,1-2H3,(H,30,33)(H,34,35)/t18-,20+/m0/s1. The third-order valence-corrected chi connectivity index (χ3v) is 7.31. The van der Waals surface area contributed by atoms with Crippen molar-refractivity contribution in [2.45, 2.75) is 76.9 Å². The first-order chi connectivity index (χ1) is 16.5. The molecule has 0 aliphatic heterocycles. The molecular weight excluding hydrogens is 459 g/mol. The Balaban J connectivity index is 1.43. The van der Waals surface area contributed by atoms with E-state index in [-0.39, 0.29) is 30.7 Å². The fourth-order valence-electron chi connectivity index (χ4n) is 5.71. The largest absolute Gasteiger partial charge is 0.481 e. The van der Waals surface area contributed by atoms with Gasteiger partial charge in [-0.15, -0.1) is 0 Å². The zero-order valence-corrected chi connectivity index (χ0v) is 19.9. The van der Waals surface area contributed by atoms with E-state index >= 15 is 0 Å². The lowest BCUT2D eigenvalue weighted by atomic mass is 9.79. The van der Waals surface area contributed by atoms with E-state index in [1.807, 2.05) is 26.0 Å². The van der Waals surface area contributed by atoms with Crippen LogP contribution in [0.5, 0.6) is 0 Å².